The number of likely N-dealkylation sites (tertiary alicyclic amines) is 1. The maximum atomic E-state index is 13.5. The lowest BCUT2D eigenvalue weighted by molar-refractivity contribution is 0.0303. The van der Waals surface area contributed by atoms with Crippen LogP contribution >= 0.6 is 0 Å². The van der Waals surface area contributed by atoms with E-state index in [0.717, 1.165) is 57.2 Å². The van der Waals surface area contributed by atoms with E-state index in [9.17, 15) is 9.59 Å². The van der Waals surface area contributed by atoms with Gasteiger partial charge in [0.15, 0.2) is 0 Å². The zero-order valence-corrected chi connectivity index (χ0v) is 22.9. The van der Waals surface area contributed by atoms with Crippen LogP contribution in [0.5, 0.6) is 5.75 Å². The first-order valence-electron chi connectivity index (χ1n) is 14.5. The van der Waals surface area contributed by atoms with Gasteiger partial charge in [0.1, 0.15) is 18.4 Å². The van der Waals surface area contributed by atoms with E-state index in [4.69, 9.17) is 9.47 Å². The van der Waals surface area contributed by atoms with Crippen molar-refractivity contribution >= 4 is 11.8 Å². The minimum atomic E-state index is -0.0580. The number of hydrogen-bond donors (Lipinski definition) is 0. The highest BCUT2D eigenvalue weighted by molar-refractivity contribution is 5.97. The Morgan fingerprint density at radius 2 is 1.75 bits per heavy atom. The Hall–Kier alpha value is -3.72. The Kier molecular flexibility index (Phi) is 7.82. The van der Waals surface area contributed by atoms with Crippen LogP contribution in [-0.4, -0.2) is 81.9 Å². The molecule has 2 saturated heterocycles. The number of nitrogens with zero attached hydrogens (tertiary/aromatic N) is 5. The zero-order valence-electron chi connectivity index (χ0n) is 22.9. The van der Waals surface area contributed by atoms with Crippen LogP contribution in [0, 0.1) is 5.41 Å². The molecule has 3 aromatic rings. The molecule has 3 aliphatic heterocycles. The first-order chi connectivity index (χ1) is 19.6. The molecule has 9 heteroatoms. The van der Waals surface area contributed by atoms with Crippen molar-refractivity contribution in [2.24, 2.45) is 5.41 Å². The highest BCUT2D eigenvalue weighted by atomic mass is 16.5. The number of hydrogen-bond acceptors (Lipinski definition) is 6. The highest BCUT2D eigenvalue weighted by Gasteiger charge is 2.38. The first-order valence-corrected chi connectivity index (χ1v) is 14.5. The van der Waals surface area contributed by atoms with Gasteiger partial charge in [-0.3, -0.25) is 14.2 Å². The Labute approximate surface area is 235 Å². The molecule has 2 amide bonds. The molecule has 6 rings (SSSR count). The molecule has 0 N–H and O–H groups in total. The van der Waals surface area contributed by atoms with Crippen molar-refractivity contribution in [3.05, 3.63) is 72.3 Å². The second-order valence-electron chi connectivity index (χ2n) is 11.3. The zero-order chi connectivity index (χ0) is 27.4. The largest absolute Gasteiger partial charge is 0.492 e. The van der Waals surface area contributed by atoms with Crippen molar-refractivity contribution in [1.82, 2.24) is 24.6 Å². The summed E-state index contributed by atoms with van der Waals surface area (Å²) in [7, 11) is 0. The van der Waals surface area contributed by atoms with Crippen molar-refractivity contribution < 1.29 is 19.1 Å². The summed E-state index contributed by atoms with van der Waals surface area (Å²) in [4.78, 5) is 30.9. The number of aromatic nitrogens is 3. The number of rotatable bonds is 2. The summed E-state index contributed by atoms with van der Waals surface area (Å²) in [5.41, 5.74) is 2.09. The molecule has 3 aliphatic rings. The fraction of sp³-hybridized carbons (Fsp3) is 0.484. The van der Waals surface area contributed by atoms with E-state index < -0.39 is 0 Å². The van der Waals surface area contributed by atoms with E-state index >= 15 is 0 Å². The van der Waals surface area contributed by atoms with Gasteiger partial charge in [-0.1, -0.05) is 24.6 Å². The summed E-state index contributed by atoms with van der Waals surface area (Å²) in [6, 6.07) is 15.3. The van der Waals surface area contributed by atoms with Gasteiger partial charge >= 0.3 is 0 Å². The smallest absolute Gasteiger partial charge is 0.257 e. The van der Waals surface area contributed by atoms with Crippen LogP contribution < -0.4 is 4.74 Å². The molecule has 4 heterocycles. The average molecular weight is 544 g/mol. The molecule has 1 aromatic heterocycles. The van der Waals surface area contributed by atoms with Crippen molar-refractivity contribution in [1.29, 1.82) is 0 Å². The molecule has 210 valence electrons. The van der Waals surface area contributed by atoms with Gasteiger partial charge in [-0.25, -0.2) is 0 Å². The first kappa shape index (κ1) is 26.5. The van der Waals surface area contributed by atoms with Gasteiger partial charge in [0.25, 0.3) is 11.8 Å². The summed E-state index contributed by atoms with van der Waals surface area (Å²) in [6.07, 6.45) is 10.00. The molecule has 0 bridgehead atoms. The van der Waals surface area contributed by atoms with Gasteiger partial charge in [-0.05, 0) is 68.9 Å². The van der Waals surface area contributed by atoms with Crippen molar-refractivity contribution in [2.45, 2.75) is 51.0 Å². The number of fused-ring (bicyclic) bond motifs is 2. The molecule has 40 heavy (non-hydrogen) atoms. The van der Waals surface area contributed by atoms with Crippen molar-refractivity contribution in [3.8, 4) is 11.4 Å². The van der Waals surface area contributed by atoms with E-state index in [0.29, 0.717) is 49.8 Å². The predicted molar refractivity (Wildman–Crippen MR) is 150 cm³/mol. The topological polar surface area (TPSA) is 89.8 Å². The fourth-order valence-corrected chi connectivity index (χ4v) is 6.32. The maximum absolute atomic E-state index is 13.5. The lowest BCUT2D eigenvalue weighted by Gasteiger charge is -2.42. The number of para-hydroxylation sites is 1. The lowest BCUT2D eigenvalue weighted by Crippen LogP contribution is -2.45. The molecule has 1 atom stereocenters. The van der Waals surface area contributed by atoms with E-state index in [1.54, 1.807) is 17.2 Å². The molecule has 9 nitrogen and oxygen atoms in total. The van der Waals surface area contributed by atoms with Crippen LogP contribution in [0.15, 0.2) is 61.2 Å². The van der Waals surface area contributed by atoms with Gasteiger partial charge < -0.3 is 19.3 Å². The SMILES string of the molecule is O=C(c1cccc(-n2cnnc2)c1)N1CCC2(CCCCOC[C@@H]3CCCN3C(=O)c3ccccc3OC2)CC1. The Morgan fingerprint density at radius 3 is 2.60 bits per heavy atom. The monoisotopic (exact) mass is 543 g/mol. The number of carbonyl (C=O) groups is 2. The van der Waals surface area contributed by atoms with E-state index in [1.807, 2.05) is 58.3 Å². The van der Waals surface area contributed by atoms with Gasteiger partial charge in [-0.2, -0.15) is 0 Å². The van der Waals surface area contributed by atoms with Crippen LogP contribution in [0.3, 0.4) is 0 Å². The molecule has 0 saturated carbocycles. The van der Waals surface area contributed by atoms with Crippen LogP contribution in [-0.2, 0) is 4.74 Å². The number of amides is 2. The Morgan fingerprint density at radius 1 is 0.925 bits per heavy atom. The minimum Gasteiger partial charge on any atom is -0.492 e. The predicted octanol–water partition coefficient (Wildman–Crippen LogP) is 4.37. The summed E-state index contributed by atoms with van der Waals surface area (Å²) in [5, 5.41) is 7.74. The third kappa shape index (κ3) is 5.61. The number of carbonyl (C=O) groups excluding carboxylic acids is 2. The van der Waals surface area contributed by atoms with Gasteiger partial charge in [0, 0.05) is 42.9 Å². The molecule has 1 spiro atoms. The molecular formula is C31H37N5O4. The molecule has 0 unspecified atom stereocenters. The van der Waals surface area contributed by atoms with E-state index in [1.165, 1.54) is 0 Å². The maximum Gasteiger partial charge on any atom is 0.257 e. The molecule has 0 aliphatic carbocycles. The van der Waals surface area contributed by atoms with Crippen molar-refractivity contribution in [3.63, 3.8) is 0 Å². The molecule has 0 radical (unpaired) electrons. The molecule has 2 aromatic carbocycles. The second kappa shape index (κ2) is 11.8. The van der Waals surface area contributed by atoms with E-state index in [-0.39, 0.29) is 23.3 Å². The van der Waals surface area contributed by atoms with Crippen molar-refractivity contribution in [2.75, 3.05) is 39.5 Å². The van der Waals surface area contributed by atoms with Crippen LogP contribution in [0.4, 0.5) is 0 Å². The normalized spacial score (nSPS) is 21.8. The van der Waals surface area contributed by atoms with Crippen LogP contribution in [0.2, 0.25) is 0 Å². The third-order valence-corrected chi connectivity index (χ3v) is 8.77. The molecular weight excluding hydrogens is 506 g/mol. The standard InChI is InChI=1S/C31H37N5O4/c37-29(24-7-5-8-25(19-24)35-22-32-33-23-35)34-16-13-31(14-17-34)12-3-4-18-39-20-26-9-6-15-36(26)30(38)27-10-1-2-11-28(27)40-21-31/h1-2,5,7-8,10-11,19,22-23,26H,3-4,6,9,12-18,20-21H2/t26-/m0/s1. The van der Waals surface area contributed by atoms with Gasteiger partial charge in [0.05, 0.1) is 24.8 Å². The highest BCUT2D eigenvalue weighted by Crippen LogP contribution is 2.39. The summed E-state index contributed by atoms with van der Waals surface area (Å²) in [5.74, 6) is 0.720. The number of benzene rings is 2. The van der Waals surface area contributed by atoms with E-state index in [2.05, 4.69) is 10.2 Å². The second-order valence-corrected chi connectivity index (χ2v) is 11.3. The van der Waals surface area contributed by atoms with Crippen LogP contribution in [0.1, 0.15) is 65.7 Å². The average Bonchev–Trinajstić information content (AvgIpc) is 3.71. The lowest BCUT2D eigenvalue weighted by atomic mass is 9.75. The van der Waals surface area contributed by atoms with Crippen LogP contribution in [0.25, 0.3) is 5.69 Å². The van der Waals surface area contributed by atoms with Gasteiger partial charge in [0.2, 0.25) is 0 Å². The number of ether oxygens (including phenoxy) is 2. The summed E-state index contributed by atoms with van der Waals surface area (Å²) < 4.78 is 14.3. The van der Waals surface area contributed by atoms with Gasteiger partial charge in [-0.15, -0.1) is 10.2 Å². The Bertz CT molecular complexity index is 1320. The summed E-state index contributed by atoms with van der Waals surface area (Å²) in [6.45, 7) is 3.94. The Balaban J connectivity index is 1.17. The quantitative estimate of drug-likeness (QED) is 0.477. The minimum absolute atomic E-state index is 0.0296. The third-order valence-electron chi connectivity index (χ3n) is 8.77. The number of piperidine rings is 1. The summed E-state index contributed by atoms with van der Waals surface area (Å²) >= 11 is 0. The fourth-order valence-electron chi connectivity index (χ4n) is 6.32. The molecule has 2 fully saturated rings.